The van der Waals surface area contributed by atoms with Crippen LogP contribution in [-0.2, 0) is 0 Å². The molecule has 5 nitrogen and oxygen atoms in total. The maximum Gasteiger partial charge on any atom is 0.179 e. The third kappa shape index (κ3) is 5.94. The monoisotopic (exact) mass is 833 g/mol. The van der Waals surface area contributed by atoms with E-state index in [0.717, 1.165) is 95.4 Å². The van der Waals surface area contributed by atoms with Gasteiger partial charge in [-0.05, 0) is 118 Å². The fourth-order valence-corrected chi connectivity index (χ4v) is 9.89. The standard InChI is InChI=1S/C60H39N3O2/c1-3-18-43(19-4-1)62-51-26-10-12-30-55(51)65-59-58-49(25-14-27-53(58)63(60(59)62)44-20-5-2-6-21-44)42-34-38-46(39-35-42)61(52-28-15-31-56-57(52)50-23-9-11-29-54(50)64-56)45-36-32-41(33-37-45)48-24-13-17-40-16-7-8-22-47(40)48/h1-39H. The first-order valence-corrected chi connectivity index (χ1v) is 22.0. The highest BCUT2D eigenvalue weighted by molar-refractivity contribution is 6.14. The van der Waals surface area contributed by atoms with Crippen LogP contribution < -0.4 is 14.5 Å². The van der Waals surface area contributed by atoms with Gasteiger partial charge in [0.1, 0.15) is 11.2 Å². The lowest BCUT2D eigenvalue weighted by Gasteiger charge is -2.32. The van der Waals surface area contributed by atoms with Gasteiger partial charge in [0.15, 0.2) is 17.3 Å². The van der Waals surface area contributed by atoms with Gasteiger partial charge in [0.05, 0.1) is 27.7 Å². The van der Waals surface area contributed by atoms with Crippen molar-refractivity contribution in [2.45, 2.75) is 0 Å². The molecule has 0 spiro atoms. The second kappa shape index (κ2) is 14.9. The molecule has 0 bridgehead atoms. The smallest absolute Gasteiger partial charge is 0.179 e. The van der Waals surface area contributed by atoms with Crippen molar-refractivity contribution in [2.24, 2.45) is 0 Å². The number of hydrogen-bond acceptors (Lipinski definition) is 4. The molecular formula is C60H39N3O2. The van der Waals surface area contributed by atoms with E-state index in [2.05, 4.69) is 233 Å². The van der Waals surface area contributed by atoms with Crippen molar-refractivity contribution in [1.82, 2.24) is 4.57 Å². The van der Waals surface area contributed by atoms with Gasteiger partial charge in [-0.15, -0.1) is 0 Å². The molecule has 0 atom stereocenters. The second-order valence-corrected chi connectivity index (χ2v) is 16.5. The summed E-state index contributed by atoms with van der Waals surface area (Å²) in [5.41, 5.74) is 13.5. The van der Waals surface area contributed by atoms with Crippen LogP contribution in [-0.4, -0.2) is 4.57 Å². The second-order valence-electron chi connectivity index (χ2n) is 16.5. The number of aromatic nitrogens is 1. The van der Waals surface area contributed by atoms with E-state index in [4.69, 9.17) is 9.15 Å². The van der Waals surface area contributed by atoms with Crippen LogP contribution >= 0.6 is 0 Å². The molecule has 0 N–H and O–H groups in total. The molecule has 0 fully saturated rings. The maximum atomic E-state index is 7.04. The van der Waals surface area contributed by atoms with Crippen LogP contribution in [0.3, 0.4) is 0 Å². The average molecular weight is 834 g/mol. The maximum absolute atomic E-state index is 7.04. The van der Waals surface area contributed by atoms with Crippen molar-refractivity contribution >= 4 is 77.9 Å². The van der Waals surface area contributed by atoms with E-state index in [1.165, 1.54) is 21.9 Å². The molecule has 3 heterocycles. The minimum Gasteiger partial charge on any atom is -0.456 e. The highest BCUT2D eigenvalue weighted by Gasteiger charge is 2.34. The molecule has 13 rings (SSSR count). The number of rotatable bonds is 7. The van der Waals surface area contributed by atoms with Crippen LogP contribution in [0, 0.1) is 0 Å². The number of para-hydroxylation sites is 5. The highest BCUT2D eigenvalue weighted by Crippen LogP contribution is 2.57. The molecule has 1 aliphatic heterocycles. The van der Waals surface area contributed by atoms with E-state index in [-0.39, 0.29) is 0 Å². The Morgan fingerprint density at radius 2 is 0.985 bits per heavy atom. The Kier molecular flexibility index (Phi) is 8.46. The zero-order chi connectivity index (χ0) is 42.8. The van der Waals surface area contributed by atoms with Gasteiger partial charge in [-0.25, -0.2) is 0 Å². The Bertz CT molecular complexity index is 3740. The van der Waals surface area contributed by atoms with Crippen LogP contribution in [0.4, 0.5) is 34.3 Å². The zero-order valence-corrected chi connectivity index (χ0v) is 35.2. The normalized spacial score (nSPS) is 12.1. The summed E-state index contributed by atoms with van der Waals surface area (Å²) in [5.74, 6) is 2.58. The van der Waals surface area contributed by atoms with Crippen LogP contribution in [0.2, 0.25) is 0 Å². The first-order chi connectivity index (χ1) is 32.3. The summed E-state index contributed by atoms with van der Waals surface area (Å²) in [6.07, 6.45) is 0. The molecule has 2 aromatic heterocycles. The lowest BCUT2D eigenvalue weighted by atomic mass is 9.97. The first-order valence-electron chi connectivity index (χ1n) is 22.0. The predicted octanol–water partition coefficient (Wildman–Crippen LogP) is 17.1. The fraction of sp³-hybridized carbons (Fsp3) is 0. The van der Waals surface area contributed by atoms with Gasteiger partial charge in [-0.2, -0.15) is 0 Å². The summed E-state index contributed by atoms with van der Waals surface area (Å²) < 4.78 is 15.8. The van der Waals surface area contributed by atoms with E-state index >= 15 is 0 Å². The Morgan fingerprint density at radius 3 is 1.77 bits per heavy atom. The van der Waals surface area contributed by atoms with Gasteiger partial charge in [0, 0.05) is 28.1 Å². The summed E-state index contributed by atoms with van der Waals surface area (Å²) in [6, 6.07) is 83.7. The van der Waals surface area contributed by atoms with Gasteiger partial charge < -0.3 is 14.1 Å². The molecule has 0 saturated heterocycles. The van der Waals surface area contributed by atoms with E-state index in [9.17, 15) is 0 Å². The molecule has 1 aliphatic rings. The van der Waals surface area contributed by atoms with E-state index in [1.54, 1.807) is 0 Å². The van der Waals surface area contributed by atoms with Gasteiger partial charge in [-0.1, -0.05) is 152 Å². The topological polar surface area (TPSA) is 33.8 Å². The molecule has 5 heteroatoms. The summed E-state index contributed by atoms with van der Waals surface area (Å²) in [4.78, 5) is 4.69. The molecule has 306 valence electrons. The third-order valence-electron chi connectivity index (χ3n) is 12.8. The number of benzene rings is 10. The first kappa shape index (κ1) is 36.8. The largest absolute Gasteiger partial charge is 0.456 e. The molecule has 0 amide bonds. The SMILES string of the molecule is c1ccc(N2c3ccccc3Oc3c2n(-c2ccccc2)c2cccc(-c4ccc(N(c5ccc(-c6cccc7ccccc67)cc5)c5cccc6oc7ccccc7c56)cc4)c32)cc1. The number of fused-ring (bicyclic) bond motifs is 8. The zero-order valence-electron chi connectivity index (χ0n) is 35.2. The number of anilines is 6. The third-order valence-corrected chi connectivity index (χ3v) is 12.8. The quantitative estimate of drug-likeness (QED) is 0.160. The van der Waals surface area contributed by atoms with Crippen LogP contribution in [0.15, 0.2) is 241 Å². The van der Waals surface area contributed by atoms with Crippen LogP contribution in [0.1, 0.15) is 0 Å². The predicted molar refractivity (Wildman–Crippen MR) is 268 cm³/mol. The minimum atomic E-state index is 0.809. The number of furan rings is 1. The molecule has 0 aliphatic carbocycles. The summed E-state index contributed by atoms with van der Waals surface area (Å²) in [6.45, 7) is 0. The minimum absolute atomic E-state index is 0.809. The van der Waals surface area contributed by atoms with Crippen LogP contribution in [0.25, 0.3) is 71.6 Å². The van der Waals surface area contributed by atoms with Crippen molar-refractivity contribution in [3.05, 3.63) is 237 Å². The van der Waals surface area contributed by atoms with Gasteiger partial charge >= 0.3 is 0 Å². The molecule has 12 aromatic rings. The van der Waals surface area contributed by atoms with Crippen molar-refractivity contribution in [3.63, 3.8) is 0 Å². The molecule has 65 heavy (non-hydrogen) atoms. The van der Waals surface area contributed by atoms with Crippen molar-refractivity contribution in [3.8, 4) is 39.4 Å². The molecular weight excluding hydrogens is 795 g/mol. The number of nitrogens with zero attached hydrogens (tertiary/aromatic N) is 3. The van der Waals surface area contributed by atoms with E-state index in [1.807, 2.05) is 18.2 Å². The Labute approximate surface area is 375 Å². The molecule has 10 aromatic carbocycles. The summed E-state index contributed by atoms with van der Waals surface area (Å²) in [7, 11) is 0. The van der Waals surface area contributed by atoms with Gasteiger partial charge in [0.25, 0.3) is 0 Å². The average Bonchev–Trinajstić information content (AvgIpc) is 3.93. The van der Waals surface area contributed by atoms with Crippen molar-refractivity contribution < 1.29 is 9.15 Å². The lowest BCUT2D eigenvalue weighted by Crippen LogP contribution is -2.18. The van der Waals surface area contributed by atoms with Crippen molar-refractivity contribution in [2.75, 3.05) is 9.80 Å². The fourth-order valence-electron chi connectivity index (χ4n) is 9.89. The Hall–Kier alpha value is -8.80. The van der Waals surface area contributed by atoms with E-state index in [0.29, 0.717) is 0 Å². The van der Waals surface area contributed by atoms with Gasteiger partial charge in [0.2, 0.25) is 0 Å². The Morgan fingerprint density at radius 1 is 0.400 bits per heavy atom. The molecule has 0 unspecified atom stereocenters. The lowest BCUT2D eigenvalue weighted by molar-refractivity contribution is 0.481. The summed E-state index contributed by atoms with van der Waals surface area (Å²) >= 11 is 0. The summed E-state index contributed by atoms with van der Waals surface area (Å²) in [5, 5.41) is 5.67. The molecule has 0 saturated carbocycles. The number of hydrogen-bond donors (Lipinski definition) is 0. The van der Waals surface area contributed by atoms with Crippen molar-refractivity contribution in [1.29, 1.82) is 0 Å². The highest BCUT2D eigenvalue weighted by atomic mass is 16.5. The van der Waals surface area contributed by atoms with Crippen LogP contribution in [0.5, 0.6) is 11.5 Å². The number of ether oxygens (including phenoxy) is 1. The van der Waals surface area contributed by atoms with E-state index < -0.39 is 0 Å². The molecule has 0 radical (unpaired) electrons. The Balaban J connectivity index is 0.988. The van der Waals surface area contributed by atoms with Gasteiger partial charge in [-0.3, -0.25) is 9.47 Å².